The second kappa shape index (κ2) is 17.6. The van der Waals surface area contributed by atoms with Gasteiger partial charge in [0.1, 0.15) is 11.5 Å². The van der Waals surface area contributed by atoms with E-state index >= 15 is 0 Å². The van der Waals surface area contributed by atoms with E-state index in [1.165, 1.54) is 47.2 Å². The fourth-order valence-electron chi connectivity index (χ4n) is 10.8. The van der Waals surface area contributed by atoms with E-state index in [2.05, 4.69) is 161 Å². The van der Waals surface area contributed by atoms with Crippen molar-refractivity contribution in [2.45, 2.75) is 102 Å². The number of para-hydroxylation sites is 2. The molecule has 0 radical (unpaired) electrons. The van der Waals surface area contributed by atoms with Gasteiger partial charge in [-0.2, -0.15) is 0 Å². The summed E-state index contributed by atoms with van der Waals surface area (Å²) >= 11 is 0. The number of nitro benzene ring substituents is 2. The summed E-state index contributed by atoms with van der Waals surface area (Å²) in [5.41, 5.74) is 8.91. The van der Waals surface area contributed by atoms with Crippen LogP contribution >= 0.6 is 0 Å². The number of fused-ring (bicyclic) bond motifs is 4. The van der Waals surface area contributed by atoms with Crippen molar-refractivity contribution in [1.29, 1.82) is 0 Å². The number of non-ortho nitro benzene ring substituents is 2. The van der Waals surface area contributed by atoms with Crippen LogP contribution in [-0.2, 0) is 23.9 Å². The van der Waals surface area contributed by atoms with Crippen LogP contribution in [0.3, 0.4) is 0 Å². The Morgan fingerprint density at radius 2 is 1.06 bits per heavy atom. The van der Waals surface area contributed by atoms with Crippen molar-refractivity contribution in [1.82, 2.24) is 0 Å². The molecular formula is C58H58N4O6. The molecule has 10 nitrogen and oxygen atoms in total. The molecule has 0 bridgehead atoms. The van der Waals surface area contributed by atoms with E-state index in [-0.39, 0.29) is 32.1 Å². The zero-order valence-corrected chi connectivity index (χ0v) is 39.6. The van der Waals surface area contributed by atoms with Crippen molar-refractivity contribution in [2.75, 3.05) is 9.80 Å². The second-order valence-electron chi connectivity index (χ2n) is 19.3. The van der Waals surface area contributed by atoms with Gasteiger partial charge >= 0.3 is 0 Å². The third kappa shape index (κ3) is 7.61. The molecule has 10 heteroatoms. The van der Waals surface area contributed by atoms with Gasteiger partial charge in [-0.25, -0.2) is 0 Å². The molecular weight excluding hydrogens is 849 g/mol. The molecule has 4 heterocycles. The first kappa shape index (κ1) is 45.7. The van der Waals surface area contributed by atoms with Crippen molar-refractivity contribution in [3.8, 4) is 11.5 Å². The number of rotatable bonds is 11. The van der Waals surface area contributed by atoms with Gasteiger partial charge in [-0.1, -0.05) is 118 Å². The van der Waals surface area contributed by atoms with Gasteiger partial charge in [0.25, 0.3) is 11.4 Å². The van der Waals surface area contributed by atoms with E-state index < -0.39 is 11.4 Å². The SMILES string of the molecule is C=Cc1ccc(CN2c3ccccc3C(C)(C)C23C=Cc2cc([N+](=O)[O-])ccc2O3)cc1.CCCC(CC)c1ccc(CN2c3ccccc3C(C)(C)C23C=Cc2cc([N+](=O)[O-])ccc2O3)cc1. The molecule has 0 aromatic heterocycles. The Morgan fingerprint density at radius 3 is 1.47 bits per heavy atom. The zero-order valence-electron chi connectivity index (χ0n) is 39.6. The van der Waals surface area contributed by atoms with Gasteiger partial charge in [0, 0.05) is 59.9 Å². The normalized spacial score (nSPS) is 20.0. The van der Waals surface area contributed by atoms with Crippen LogP contribution < -0.4 is 19.3 Å². The van der Waals surface area contributed by atoms with Crippen LogP contribution in [0.15, 0.2) is 152 Å². The maximum atomic E-state index is 11.3. The standard InChI is InChI=1S/C31H34N2O3.C27H24N2O3/c1-5-9-23(6-2)24-14-12-22(13-15-24)21-32-28-11-8-7-10-27(28)30(3,4)31(32)19-18-25-20-26(33(34)35)16-17-29(25)36-31;1-4-19-9-11-20(12-10-19)18-28-24-8-6-5-7-23(24)26(2,3)27(28)16-15-21-17-22(29(30)31)13-14-25(21)32-27/h7-8,10-20,23H,5-6,9,21H2,1-4H3;4-17H,1,18H2,2-3H3. The minimum atomic E-state index is -0.767. The van der Waals surface area contributed by atoms with Crippen molar-refractivity contribution in [3.05, 3.63) is 217 Å². The van der Waals surface area contributed by atoms with E-state index in [1.54, 1.807) is 24.3 Å². The fourth-order valence-corrected chi connectivity index (χ4v) is 10.8. The summed E-state index contributed by atoms with van der Waals surface area (Å²) in [6.45, 7) is 18.5. The van der Waals surface area contributed by atoms with Crippen molar-refractivity contribution in [2.24, 2.45) is 0 Å². The van der Waals surface area contributed by atoms with Gasteiger partial charge < -0.3 is 19.3 Å². The summed E-state index contributed by atoms with van der Waals surface area (Å²) in [6.07, 6.45) is 13.5. The van der Waals surface area contributed by atoms with Crippen molar-refractivity contribution < 1.29 is 19.3 Å². The zero-order chi connectivity index (χ0) is 48.0. The molecule has 6 aromatic rings. The predicted octanol–water partition coefficient (Wildman–Crippen LogP) is 14.3. The maximum absolute atomic E-state index is 11.3. The van der Waals surface area contributed by atoms with Crippen LogP contribution in [-0.4, -0.2) is 21.3 Å². The van der Waals surface area contributed by atoms with E-state index in [9.17, 15) is 20.2 Å². The molecule has 0 N–H and O–H groups in total. The summed E-state index contributed by atoms with van der Waals surface area (Å²) in [5, 5.41) is 22.5. The molecule has 0 saturated carbocycles. The first-order chi connectivity index (χ1) is 32.7. The van der Waals surface area contributed by atoms with Crippen molar-refractivity contribution in [3.63, 3.8) is 0 Å². The molecule has 0 aliphatic carbocycles. The third-order valence-electron chi connectivity index (χ3n) is 14.7. The molecule has 0 saturated heterocycles. The van der Waals surface area contributed by atoms with E-state index in [4.69, 9.17) is 9.47 Å². The Balaban J connectivity index is 0.000000171. The molecule has 0 amide bonds. The number of ether oxygens (including phenoxy) is 2. The highest BCUT2D eigenvalue weighted by atomic mass is 16.6. The molecule has 0 fully saturated rings. The lowest BCUT2D eigenvalue weighted by molar-refractivity contribution is -0.385. The average molecular weight is 907 g/mol. The lowest BCUT2D eigenvalue weighted by Crippen LogP contribution is -2.59. The summed E-state index contributed by atoms with van der Waals surface area (Å²) in [7, 11) is 0. The number of nitrogens with zero attached hydrogens (tertiary/aromatic N) is 4. The Morgan fingerprint density at radius 1 is 0.618 bits per heavy atom. The Kier molecular flexibility index (Phi) is 11.9. The predicted molar refractivity (Wildman–Crippen MR) is 273 cm³/mol. The Bertz CT molecular complexity index is 2970. The lowest BCUT2D eigenvalue weighted by Gasteiger charge is -2.47. The highest BCUT2D eigenvalue weighted by Gasteiger charge is 2.60. The van der Waals surface area contributed by atoms with Crippen LogP contribution in [0.1, 0.15) is 111 Å². The number of benzene rings is 6. The lowest BCUT2D eigenvalue weighted by atomic mass is 9.76. The first-order valence-electron chi connectivity index (χ1n) is 23.5. The molecule has 4 aliphatic heterocycles. The molecule has 6 aromatic carbocycles. The number of hydrogen-bond donors (Lipinski definition) is 0. The van der Waals surface area contributed by atoms with E-state index in [1.807, 2.05) is 24.3 Å². The highest BCUT2D eigenvalue weighted by Crippen LogP contribution is 2.57. The molecule has 3 atom stereocenters. The van der Waals surface area contributed by atoms with Gasteiger partial charge in [-0.05, 0) is 128 Å². The fraction of sp³-hybridized carbons (Fsp3) is 0.276. The molecule has 10 rings (SSSR count). The quantitative estimate of drug-likeness (QED) is 0.0933. The van der Waals surface area contributed by atoms with Gasteiger partial charge in [0.05, 0.1) is 20.7 Å². The van der Waals surface area contributed by atoms with Crippen LogP contribution in [0.25, 0.3) is 18.2 Å². The average Bonchev–Trinajstić information content (AvgIpc) is 3.63. The monoisotopic (exact) mass is 906 g/mol. The van der Waals surface area contributed by atoms with E-state index in [0.29, 0.717) is 36.1 Å². The van der Waals surface area contributed by atoms with Crippen LogP contribution in [0.4, 0.5) is 22.7 Å². The van der Waals surface area contributed by atoms with Gasteiger partial charge in [0.15, 0.2) is 0 Å². The molecule has 346 valence electrons. The summed E-state index contributed by atoms with van der Waals surface area (Å²) in [6, 6.07) is 43.9. The van der Waals surface area contributed by atoms with Crippen molar-refractivity contribution >= 4 is 41.0 Å². The first-order valence-corrected chi connectivity index (χ1v) is 23.5. The molecule has 68 heavy (non-hydrogen) atoms. The van der Waals surface area contributed by atoms with E-state index in [0.717, 1.165) is 34.5 Å². The highest BCUT2D eigenvalue weighted by molar-refractivity contribution is 5.75. The largest absolute Gasteiger partial charge is 0.463 e. The topological polar surface area (TPSA) is 111 Å². The second-order valence-corrected chi connectivity index (χ2v) is 19.3. The Labute approximate surface area is 399 Å². The van der Waals surface area contributed by atoms with Gasteiger partial charge in [-0.3, -0.25) is 20.2 Å². The smallest absolute Gasteiger partial charge is 0.270 e. The minimum absolute atomic E-state index is 0.0566. The number of anilines is 2. The molecule has 2 spiro atoms. The van der Waals surface area contributed by atoms with Crippen LogP contribution in [0.5, 0.6) is 11.5 Å². The van der Waals surface area contributed by atoms with Crippen LogP contribution in [0, 0.1) is 20.2 Å². The maximum Gasteiger partial charge on any atom is 0.270 e. The third-order valence-corrected chi connectivity index (χ3v) is 14.7. The van der Waals surface area contributed by atoms with Gasteiger partial charge in [0.2, 0.25) is 11.4 Å². The van der Waals surface area contributed by atoms with Gasteiger partial charge in [-0.15, -0.1) is 0 Å². The number of nitro groups is 2. The number of hydrogen-bond acceptors (Lipinski definition) is 8. The van der Waals surface area contributed by atoms with Crippen LogP contribution in [0.2, 0.25) is 0 Å². The Hall–Kier alpha value is -7.46. The minimum Gasteiger partial charge on any atom is -0.463 e. The molecule has 4 aliphatic rings. The summed E-state index contributed by atoms with van der Waals surface area (Å²) in [5.74, 6) is 1.91. The summed E-state index contributed by atoms with van der Waals surface area (Å²) in [4.78, 5) is 26.4. The molecule has 3 unspecified atom stereocenters. The summed E-state index contributed by atoms with van der Waals surface area (Å²) < 4.78 is 13.6.